The lowest BCUT2D eigenvalue weighted by Crippen LogP contribution is -2.45. The Morgan fingerprint density at radius 3 is 2.31 bits per heavy atom. The molecule has 8 nitrogen and oxygen atoms in total. The van der Waals surface area contributed by atoms with Gasteiger partial charge in [0.2, 0.25) is 11.8 Å². The second kappa shape index (κ2) is 9.21. The van der Waals surface area contributed by atoms with Gasteiger partial charge in [-0.2, -0.15) is 0 Å². The van der Waals surface area contributed by atoms with Crippen molar-refractivity contribution in [1.82, 2.24) is 15.1 Å². The van der Waals surface area contributed by atoms with Crippen LogP contribution in [0, 0.1) is 13.8 Å². The summed E-state index contributed by atoms with van der Waals surface area (Å²) in [4.78, 5) is 53.4. The number of aryl methyl sites for hydroxylation is 2. The first-order chi connectivity index (χ1) is 16.6. The number of nitrogens with zero attached hydrogens (tertiary/aromatic N) is 2. The molecule has 0 aromatic heterocycles. The van der Waals surface area contributed by atoms with E-state index in [1.807, 2.05) is 68.4 Å². The Bertz CT molecular complexity index is 1330. The predicted octanol–water partition coefficient (Wildman–Crippen LogP) is 3.32. The van der Waals surface area contributed by atoms with Crippen LogP contribution in [0.3, 0.4) is 0 Å². The molecule has 0 aliphatic carbocycles. The molecule has 1 atom stereocenters. The van der Waals surface area contributed by atoms with Crippen LogP contribution >= 0.6 is 0 Å². The molecule has 0 spiro atoms. The van der Waals surface area contributed by atoms with Crippen LogP contribution in [-0.2, 0) is 19.9 Å². The number of benzene rings is 3. The molecule has 3 aromatic carbocycles. The van der Waals surface area contributed by atoms with Crippen molar-refractivity contribution in [3.8, 4) is 0 Å². The molecule has 35 heavy (non-hydrogen) atoms. The lowest BCUT2D eigenvalue weighted by molar-refractivity contribution is -0.139. The van der Waals surface area contributed by atoms with Gasteiger partial charge in [-0.25, -0.2) is 4.79 Å². The second-order valence-electron chi connectivity index (χ2n) is 9.07. The van der Waals surface area contributed by atoms with Crippen molar-refractivity contribution in [2.45, 2.75) is 26.3 Å². The minimum absolute atomic E-state index is 0.210. The molecule has 8 heteroatoms. The maximum Gasteiger partial charge on any atom is 0.325 e. The van der Waals surface area contributed by atoms with Gasteiger partial charge in [-0.1, -0.05) is 54.6 Å². The summed E-state index contributed by atoms with van der Waals surface area (Å²) in [6.07, 6.45) is 0. The van der Waals surface area contributed by atoms with Gasteiger partial charge in [0.1, 0.15) is 12.1 Å². The molecule has 2 N–H and O–H groups in total. The maximum absolute atomic E-state index is 13.3. The summed E-state index contributed by atoms with van der Waals surface area (Å²) < 4.78 is 0. The molecule has 1 aliphatic heterocycles. The number of amides is 5. The molecular formula is C27H28N4O4. The number of para-hydroxylation sites is 1. The van der Waals surface area contributed by atoms with Crippen molar-refractivity contribution in [1.29, 1.82) is 0 Å². The molecule has 0 bridgehead atoms. The summed E-state index contributed by atoms with van der Waals surface area (Å²) in [5.41, 5.74) is 1.88. The van der Waals surface area contributed by atoms with Crippen molar-refractivity contribution < 1.29 is 19.2 Å². The Morgan fingerprint density at radius 1 is 0.971 bits per heavy atom. The summed E-state index contributed by atoms with van der Waals surface area (Å²) >= 11 is 0. The fraction of sp³-hybridized carbons (Fsp3) is 0.259. The molecule has 1 aliphatic rings. The molecular weight excluding hydrogens is 444 g/mol. The summed E-state index contributed by atoms with van der Waals surface area (Å²) in [7, 11) is 1.47. The number of hydrogen-bond donors (Lipinski definition) is 2. The third-order valence-electron chi connectivity index (χ3n) is 6.45. The van der Waals surface area contributed by atoms with Crippen LogP contribution in [0.2, 0.25) is 0 Å². The molecule has 1 unspecified atom stereocenters. The van der Waals surface area contributed by atoms with Crippen LogP contribution in [0.5, 0.6) is 0 Å². The highest BCUT2D eigenvalue weighted by Crippen LogP contribution is 2.31. The normalized spacial score (nSPS) is 17.4. The molecule has 1 fully saturated rings. The van der Waals surface area contributed by atoms with Gasteiger partial charge >= 0.3 is 6.03 Å². The van der Waals surface area contributed by atoms with Crippen LogP contribution in [0.25, 0.3) is 10.8 Å². The van der Waals surface area contributed by atoms with Crippen molar-refractivity contribution in [2.75, 3.05) is 25.5 Å². The van der Waals surface area contributed by atoms with E-state index in [-0.39, 0.29) is 12.5 Å². The van der Waals surface area contributed by atoms with Crippen LogP contribution in [0.4, 0.5) is 10.5 Å². The average Bonchev–Trinajstić information content (AvgIpc) is 3.05. The van der Waals surface area contributed by atoms with Crippen LogP contribution in [0.15, 0.2) is 60.7 Å². The first kappa shape index (κ1) is 23.9. The Kier molecular flexibility index (Phi) is 6.30. The minimum Gasteiger partial charge on any atom is -0.335 e. The SMILES string of the molecule is Cc1cccc(C)c1NC(=O)CN(C)C(=O)CN1C(=O)NC(C)(c2ccc3ccccc3c2)C1=O. The summed E-state index contributed by atoms with van der Waals surface area (Å²) in [6, 6.07) is 18.3. The van der Waals surface area contributed by atoms with E-state index in [0.717, 1.165) is 26.8 Å². The van der Waals surface area contributed by atoms with Crippen molar-refractivity contribution in [2.24, 2.45) is 0 Å². The highest BCUT2D eigenvalue weighted by molar-refractivity contribution is 6.09. The number of carbonyl (C=O) groups excluding carboxylic acids is 4. The monoisotopic (exact) mass is 472 g/mol. The Morgan fingerprint density at radius 2 is 1.63 bits per heavy atom. The van der Waals surface area contributed by atoms with E-state index in [1.54, 1.807) is 13.0 Å². The largest absolute Gasteiger partial charge is 0.335 e. The van der Waals surface area contributed by atoms with Gasteiger partial charge in [0, 0.05) is 12.7 Å². The van der Waals surface area contributed by atoms with Crippen LogP contribution in [0.1, 0.15) is 23.6 Å². The van der Waals surface area contributed by atoms with Crippen LogP contribution < -0.4 is 10.6 Å². The zero-order chi connectivity index (χ0) is 25.3. The fourth-order valence-electron chi connectivity index (χ4n) is 4.29. The maximum atomic E-state index is 13.3. The number of likely N-dealkylation sites (N-methyl/N-ethyl adjacent to an activating group) is 1. The van der Waals surface area contributed by atoms with Gasteiger partial charge in [0.15, 0.2) is 0 Å². The lowest BCUT2D eigenvalue weighted by atomic mass is 9.90. The van der Waals surface area contributed by atoms with Gasteiger partial charge in [0.25, 0.3) is 5.91 Å². The van der Waals surface area contributed by atoms with Crippen molar-refractivity contribution in [3.05, 3.63) is 77.4 Å². The molecule has 0 saturated carbocycles. The third kappa shape index (κ3) is 4.59. The van der Waals surface area contributed by atoms with Crippen LogP contribution in [-0.4, -0.2) is 53.7 Å². The zero-order valence-electron chi connectivity index (χ0n) is 20.2. The number of hydrogen-bond acceptors (Lipinski definition) is 4. The van der Waals surface area contributed by atoms with Gasteiger partial charge in [-0.3, -0.25) is 19.3 Å². The first-order valence-electron chi connectivity index (χ1n) is 11.3. The lowest BCUT2D eigenvalue weighted by Gasteiger charge is -2.23. The van der Waals surface area contributed by atoms with E-state index in [1.165, 1.54) is 11.9 Å². The van der Waals surface area contributed by atoms with Gasteiger partial charge in [-0.15, -0.1) is 0 Å². The second-order valence-corrected chi connectivity index (χ2v) is 9.07. The van der Waals surface area contributed by atoms with Gasteiger partial charge < -0.3 is 15.5 Å². The summed E-state index contributed by atoms with van der Waals surface area (Å²) in [5.74, 6) is -1.40. The summed E-state index contributed by atoms with van der Waals surface area (Å²) in [5, 5.41) is 7.52. The Balaban J connectivity index is 1.43. The smallest absolute Gasteiger partial charge is 0.325 e. The van der Waals surface area contributed by atoms with Crippen molar-refractivity contribution >= 4 is 40.2 Å². The first-order valence-corrected chi connectivity index (χ1v) is 11.3. The topological polar surface area (TPSA) is 98.8 Å². The van der Waals surface area contributed by atoms with E-state index < -0.39 is 29.9 Å². The van der Waals surface area contributed by atoms with E-state index in [9.17, 15) is 19.2 Å². The zero-order valence-corrected chi connectivity index (χ0v) is 20.2. The number of nitrogens with one attached hydrogen (secondary N) is 2. The molecule has 4 rings (SSSR count). The molecule has 5 amide bonds. The van der Waals surface area contributed by atoms with E-state index in [0.29, 0.717) is 11.3 Å². The number of carbonyl (C=O) groups is 4. The fourth-order valence-corrected chi connectivity index (χ4v) is 4.29. The van der Waals surface area contributed by atoms with Crippen molar-refractivity contribution in [3.63, 3.8) is 0 Å². The third-order valence-corrected chi connectivity index (χ3v) is 6.45. The van der Waals surface area contributed by atoms with Gasteiger partial charge in [-0.05, 0) is 54.3 Å². The molecule has 0 radical (unpaired) electrons. The summed E-state index contributed by atoms with van der Waals surface area (Å²) in [6.45, 7) is 4.74. The quantitative estimate of drug-likeness (QED) is 0.538. The molecule has 3 aromatic rings. The predicted molar refractivity (Wildman–Crippen MR) is 134 cm³/mol. The molecule has 1 heterocycles. The molecule has 1 saturated heterocycles. The highest BCUT2D eigenvalue weighted by atomic mass is 16.2. The number of fused-ring (bicyclic) bond motifs is 1. The number of urea groups is 1. The molecule has 180 valence electrons. The standard InChI is InChI=1S/C27H28N4O4/c1-17-8-7-9-18(2)24(17)28-22(32)15-30(4)23(33)16-31-25(34)27(3,29-26(31)35)21-13-12-19-10-5-6-11-20(19)14-21/h5-14H,15-16H2,1-4H3,(H,28,32)(H,29,35). The van der Waals surface area contributed by atoms with E-state index >= 15 is 0 Å². The number of imide groups is 1. The number of rotatable bonds is 6. The number of anilines is 1. The minimum atomic E-state index is -1.29. The van der Waals surface area contributed by atoms with E-state index in [4.69, 9.17) is 0 Å². The van der Waals surface area contributed by atoms with Gasteiger partial charge in [0.05, 0.1) is 6.54 Å². The highest BCUT2D eigenvalue weighted by Gasteiger charge is 2.49. The Hall–Kier alpha value is -4.20. The Labute approximate surface area is 203 Å². The van der Waals surface area contributed by atoms with E-state index in [2.05, 4.69) is 10.6 Å². The average molecular weight is 473 g/mol.